The first-order valence-electron chi connectivity index (χ1n) is 20.1. The van der Waals surface area contributed by atoms with Gasteiger partial charge in [0, 0.05) is 32.1 Å². The van der Waals surface area contributed by atoms with Gasteiger partial charge in [-0.2, -0.15) is 12.6 Å². The van der Waals surface area contributed by atoms with Crippen LogP contribution in [0.2, 0.25) is 0 Å². The Morgan fingerprint density at radius 3 is 1.97 bits per heavy atom. The Bertz CT molecular complexity index is 1680. The van der Waals surface area contributed by atoms with Gasteiger partial charge < -0.3 is 51.5 Å². The van der Waals surface area contributed by atoms with Gasteiger partial charge in [0.1, 0.15) is 36.3 Å². The predicted molar refractivity (Wildman–Crippen MR) is 217 cm³/mol. The molecule has 60 heavy (non-hydrogen) atoms. The van der Waals surface area contributed by atoms with Gasteiger partial charge >= 0.3 is 17.9 Å². The number of rotatable bonds is 23. The van der Waals surface area contributed by atoms with Gasteiger partial charge in [0.15, 0.2) is 0 Å². The predicted octanol–water partition coefficient (Wildman–Crippen LogP) is 0.597. The molecule has 332 valence electrons. The SMILES string of the molecule is CC(=O)N[C@@H](CC(=O)O)C(=O)N[C@@H](CCC(=O)O)C(=O)N[C@@H](CC1CCCCC1)C(=O)N[C@H](C(=O)N1C[C@H](OCc2ccccc2)C[C@H]1C(=O)NC(CS)C(=O)O)C(C)C. The van der Waals surface area contributed by atoms with Crippen LogP contribution >= 0.6 is 12.6 Å². The Kier molecular flexibility index (Phi) is 19.8. The van der Waals surface area contributed by atoms with Crippen LogP contribution in [0.1, 0.15) is 90.5 Å². The molecule has 2 fully saturated rings. The van der Waals surface area contributed by atoms with Crippen LogP contribution in [0.3, 0.4) is 0 Å². The van der Waals surface area contributed by atoms with Crippen molar-refractivity contribution < 1.29 is 63.2 Å². The van der Waals surface area contributed by atoms with Crippen LogP contribution < -0.4 is 26.6 Å². The molecule has 8 N–H and O–H groups in total. The minimum atomic E-state index is -1.59. The van der Waals surface area contributed by atoms with Crippen LogP contribution in [0.5, 0.6) is 0 Å². The fourth-order valence-electron chi connectivity index (χ4n) is 7.30. The van der Waals surface area contributed by atoms with Gasteiger partial charge in [-0.05, 0) is 30.2 Å². The standard InChI is InChI=1S/C40H58N6O13S/c1-22(2)34(39(56)46-19-26(59-20-25-12-8-5-9-13-25)17-31(46)38(55)44-30(21-60)40(57)58)45-37(54)28(16-24-10-6-4-7-11-24)43-35(52)27(14-15-32(48)49)42-36(53)29(18-33(50)51)41-23(3)47/h5,8-9,12-13,22,24,26-31,34,60H,4,6-7,10-11,14-21H2,1-3H3,(H,41,47)(H,42,53)(H,43,52)(H,44,55)(H,45,54)(H,48,49)(H,50,51)(H,57,58)/t26-,27+,28+,29+,30?,31+,34+/m1/s1. The average molecular weight is 863 g/mol. The highest BCUT2D eigenvalue weighted by molar-refractivity contribution is 7.80. The molecule has 2 aliphatic rings. The fourth-order valence-corrected chi connectivity index (χ4v) is 7.54. The van der Waals surface area contributed by atoms with E-state index in [9.17, 15) is 58.5 Å². The number of hydrogen-bond acceptors (Lipinski definition) is 11. The van der Waals surface area contributed by atoms with Gasteiger partial charge in [0.25, 0.3) is 0 Å². The number of carboxylic acid groups (broad SMARTS) is 3. The highest BCUT2D eigenvalue weighted by atomic mass is 32.1. The number of thiol groups is 1. The molecule has 1 aliphatic heterocycles. The Balaban J connectivity index is 1.90. The summed E-state index contributed by atoms with van der Waals surface area (Å²) >= 11 is 4.03. The van der Waals surface area contributed by atoms with E-state index in [1.807, 2.05) is 30.3 Å². The van der Waals surface area contributed by atoms with E-state index in [1.54, 1.807) is 13.8 Å². The van der Waals surface area contributed by atoms with Crippen LogP contribution in [0.4, 0.5) is 0 Å². The molecule has 19 nitrogen and oxygen atoms in total. The molecule has 20 heteroatoms. The van der Waals surface area contributed by atoms with Crippen LogP contribution in [-0.4, -0.2) is 128 Å². The summed E-state index contributed by atoms with van der Waals surface area (Å²) in [6.45, 7) is 4.53. The normalized spacial score (nSPS) is 19.2. The van der Waals surface area contributed by atoms with Gasteiger partial charge in [-0.15, -0.1) is 0 Å². The third-order valence-corrected chi connectivity index (χ3v) is 10.8. The van der Waals surface area contributed by atoms with Crippen LogP contribution in [0, 0.1) is 11.8 Å². The quantitative estimate of drug-likeness (QED) is 0.0683. The van der Waals surface area contributed by atoms with E-state index in [1.165, 1.54) is 4.90 Å². The van der Waals surface area contributed by atoms with Crippen molar-refractivity contribution in [3.63, 3.8) is 0 Å². The zero-order valence-electron chi connectivity index (χ0n) is 34.1. The number of likely N-dealkylation sites (tertiary alicyclic amines) is 1. The number of nitrogens with zero attached hydrogens (tertiary/aromatic N) is 1. The number of ether oxygens (including phenoxy) is 1. The van der Waals surface area contributed by atoms with Crippen LogP contribution in [0.15, 0.2) is 30.3 Å². The van der Waals surface area contributed by atoms with Crippen molar-refractivity contribution >= 4 is 66.0 Å². The zero-order chi connectivity index (χ0) is 44.5. The first kappa shape index (κ1) is 49.1. The summed E-state index contributed by atoms with van der Waals surface area (Å²) in [4.78, 5) is 117. The molecule has 1 aliphatic carbocycles. The lowest BCUT2D eigenvalue weighted by atomic mass is 9.84. The summed E-state index contributed by atoms with van der Waals surface area (Å²) in [6, 6.07) is 1.02. The number of amides is 6. The maximum atomic E-state index is 14.5. The lowest BCUT2D eigenvalue weighted by Gasteiger charge is -2.33. The van der Waals surface area contributed by atoms with E-state index in [2.05, 4.69) is 39.2 Å². The lowest BCUT2D eigenvalue weighted by Crippen LogP contribution is -2.60. The number of carboxylic acids is 3. The van der Waals surface area contributed by atoms with Crippen molar-refractivity contribution in [1.82, 2.24) is 31.5 Å². The molecule has 1 heterocycles. The van der Waals surface area contributed by atoms with Crippen molar-refractivity contribution in [1.29, 1.82) is 0 Å². The zero-order valence-corrected chi connectivity index (χ0v) is 35.0. The summed E-state index contributed by atoms with van der Waals surface area (Å²) in [5.74, 6) is -9.72. The smallest absolute Gasteiger partial charge is 0.327 e. The number of hydrogen-bond donors (Lipinski definition) is 9. The number of benzene rings is 1. The first-order valence-corrected chi connectivity index (χ1v) is 20.7. The second-order valence-electron chi connectivity index (χ2n) is 15.6. The van der Waals surface area contributed by atoms with Gasteiger partial charge in [0.2, 0.25) is 35.4 Å². The Labute approximate surface area is 353 Å². The van der Waals surface area contributed by atoms with Crippen molar-refractivity contribution in [3.8, 4) is 0 Å². The monoisotopic (exact) mass is 862 g/mol. The lowest BCUT2D eigenvalue weighted by molar-refractivity contribution is -0.145. The third kappa shape index (κ3) is 15.7. The molecule has 1 saturated heterocycles. The molecule has 0 bridgehead atoms. The maximum Gasteiger partial charge on any atom is 0.327 e. The van der Waals surface area contributed by atoms with Gasteiger partial charge in [-0.1, -0.05) is 76.3 Å². The summed E-state index contributed by atoms with van der Waals surface area (Å²) in [7, 11) is 0. The van der Waals surface area contributed by atoms with Crippen molar-refractivity contribution in [2.75, 3.05) is 12.3 Å². The molecule has 0 aromatic heterocycles. The second kappa shape index (κ2) is 24.1. The van der Waals surface area contributed by atoms with Gasteiger partial charge in [0.05, 0.1) is 19.1 Å². The fraction of sp³-hybridized carbons (Fsp3) is 0.625. The van der Waals surface area contributed by atoms with Crippen molar-refractivity contribution in [2.45, 2.75) is 134 Å². The Morgan fingerprint density at radius 2 is 1.40 bits per heavy atom. The summed E-state index contributed by atoms with van der Waals surface area (Å²) in [5, 5.41) is 40.6. The van der Waals surface area contributed by atoms with E-state index >= 15 is 0 Å². The number of carbonyl (C=O) groups is 9. The van der Waals surface area contributed by atoms with E-state index in [0.29, 0.717) is 0 Å². The summed E-state index contributed by atoms with van der Waals surface area (Å²) < 4.78 is 6.10. The highest BCUT2D eigenvalue weighted by Gasteiger charge is 2.44. The molecule has 0 radical (unpaired) electrons. The van der Waals surface area contributed by atoms with Crippen LogP contribution in [0.25, 0.3) is 0 Å². The Morgan fingerprint density at radius 1 is 0.783 bits per heavy atom. The molecule has 1 aromatic rings. The molecule has 1 unspecified atom stereocenters. The Hall–Kier alpha value is -5.24. The molecule has 7 atom stereocenters. The molecule has 6 amide bonds. The molecule has 3 rings (SSSR count). The van der Waals surface area contributed by atoms with Gasteiger partial charge in [-0.3, -0.25) is 38.4 Å². The highest BCUT2D eigenvalue weighted by Crippen LogP contribution is 2.28. The molecule has 1 aromatic carbocycles. The third-order valence-electron chi connectivity index (χ3n) is 10.5. The van der Waals surface area contributed by atoms with Crippen molar-refractivity contribution in [2.24, 2.45) is 11.8 Å². The van der Waals surface area contributed by atoms with E-state index < -0.39 is 121 Å². The largest absolute Gasteiger partial charge is 0.481 e. The first-order chi connectivity index (χ1) is 28.4. The minimum absolute atomic E-state index is 0.0158. The number of nitrogens with one attached hydrogen (secondary N) is 5. The minimum Gasteiger partial charge on any atom is -0.481 e. The maximum absolute atomic E-state index is 14.5. The van der Waals surface area contributed by atoms with E-state index in [4.69, 9.17) is 4.74 Å². The molecular formula is C40H58N6O13S. The average Bonchev–Trinajstić information content (AvgIpc) is 3.63. The van der Waals surface area contributed by atoms with E-state index in [-0.39, 0.29) is 37.7 Å². The number of aliphatic carboxylic acids is 3. The molecule has 1 saturated carbocycles. The van der Waals surface area contributed by atoms with Gasteiger partial charge in [-0.25, -0.2) is 4.79 Å². The van der Waals surface area contributed by atoms with Crippen LogP contribution in [-0.2, 0) is 54.5 Å². The van der Waals surface area contributed by atoms with E-state index in [0.717, 1.165) is 44.6 Å². The second-order valence-corrected chi connectivity index (χ2v) is 16.0. The molecular weight excluding hydrogens is 805 g/mol. The number of carbonyl (C=O) groups excluding carboxylic acids is 6. The molecule has 0 spiro atoms. The summed E-state index contributed by atoms with van der Waals surface area (Å²) in [5.41, 5.74) is 0.847. The summed E-state index contributed by atoms with van der Waals surface area (Å²) in [6.07, 6.45) is 1.91. The topological polar surface area (TPSA) is 287 Å². The van der Waals surface area contributed by atoms with Crippen molar-refractivity contribution in [3.05, 3.63) is 35.9 Å².